The van der Waals surface area contributed by atoms with Gasteiger partial charge in [0.25, 0.3) is 5.91 Å². The molecule has 7 heteroatoms. The summed E-state index contributed by atoms with van der Waals surface area (Å²) in [6, 6.07) is 3.34. The lowest BCUT2D eigenvalue weighted by Gasteiger charge is -2.12. The van der Waals surface area contributed by atoms with Crippen molar-refractivity contribution in [2.45, 2.75) is 26.3 Å². The quantitative estimate of drug-likeness (QED) is 0.858. The van der Waals surface area contributed by atoms with Gasteiger partial charge in [0.2, 0.25) is 5.91 Å². The summed E-state index contributed by atoms with van der Waals surface area (Å²) in [6.45, 7) is 4.25. The predicted molar refractivity (Wildman–Crippen MR) is 85.7 cm³/mol. The molecule has 0 aromatic carbocycles. The molecule has 2 N–H and O–H groups in total. The van der Waals surface area contributed by atoms with Crippen LogP contribution in [0.4, 0.5) is 0 Å². The van der Waals surface area contributed by atoms with Crippen molar-refractivity contribution in [3.05, 3.63) is 28.6 Å². The minimum Gasteiger partial charge on any atom is -0.354 e. The minimum absolute atomic E-state index is 0.182. The Morgan fingerprint density at radius 1 is 1.38 bits per heavy atom. The minimum atomic E-state index is -0.573. The lowest BCUT2D eigenvalue weighted by molar-refractivity contribution is -0.122. The maximum atomic E-state index is 12.1. The number of rotatable bonds is 6. The SMILES string of the molecule is CCCNC(=O)[C@H](C)NC(=O)c1csc(-c2cccs2)n1. The predicted octanol–water partition coefficient (Wildman–Crippen LogP) is 2.52. The summed E-state index contributed by atoms with van der Waals surface area (Å²) in [4.78, 5) is 29.1. The molecule has 0 radical (unpaired) electrons. The van der Waals surface area contributed by atoms with Gasteiger partial charge in [0.15, 0.2) is 0 Å². The highest BCUT2D eigenvalue weighted by atomic mass is 32.1. The summed E-state index contributed by atoms with van der Waals surface area (Å²) in [5.41, 5.74) is 0.346. The Morgan fingerprint density at radius 2 is 2.19 bits per heavy atom. The molecule has 21 heavy (non-hydrogen) atoms. The first-order valence-electron chi connectivity index (χ1n) is 6.69. The van der Waals surface area contributed by atoms with Crippen LogP contribution in [0.3, 0.4) is 0 Å². The number of aromatic nitrogens is 1. The van der Waals surface area contributed by atoms with Crippen molar-refractivity contribution >= 4 is 34.5 Å². The monoisotopic (exact) mass is 323 g/mol. The molecule has 2 heterocycles. The first kappa shape index (κ1) is 15.7. The molecule has 0 fully saturated rings. The molecule has 0 unspecified atom stereocenters. The van der Waals surface area contributed by atoms with E-state index in [1.54, 1.807) is 23.6 Å². The third-order valence-corrected chi connectivity index (χ3v) is 4.64. The van der Waals surface area contributed by atoms with Crippen LogP contribution in [-0.2, 0) is 4.79 Å². The van der Waals surface area contributed by atoms with Crippen molar-refractivity contribution in [3.63, 3.8) is 0 Å². The molecular formula is C14H17N3O2S2. The molecule has 0 saturated carbocycles. The number of thiazole rings is 1. The van der Waals surface area contributed by atoms with Crippen LogP contribution < -0.4 is 10.6 Å². The molecular weight excluding hydrogens is 306 g/mol. The summed E-state index contributed by atoms with van der Waals surface area (Å²) >= 11 is 3.00. The normalized spacial score (nSPS) is 11.9. The average Bonchev–Trinajstić information content (AvgIpc) is 3.14. The van der Waals surface area contributed by atoms with Crippen molar-refractivity contribution in [2.75, 3.05) is 6.54 Å². The van der Waals surface area contributed by atoms with Gasteiger partial charge in [-0.2, -0.15) is 0 Å². The first-order valence-corrected chi connectivity index (χ1v) is 8.45. The zero-order chi connectivity index (χ0) is 15.2. The van der Waals surface area contributed by atoms with Crippen molar-refractivity contribution in [2.24, 2.45) is 0 Å². The van der Waals surface area contributed by atoms with Crippen LogP contribution in [0.2, 0.25) is 0 Å². The zero-order valence-corrected chi connectivity index (χ0v) is 13.5. The van der Waals surface area contributed by atoms with Gasteiger partial charge in [0.05, 0.1) is 4.88 Å². The van der Waals surface area contributed by atoms with E-state index < -0.39 is 6.04 Å². The second kappa shape index (κ2) is 7.33. The lowest BCUT2D eigenvalue weighted by Crippen LogP contribution is -2.45. The number of nitrogens with zero attached hydrogens (tertiary/aromatic N) is 1. The molecule has 0 spiro atoms. The van der Waals surface area contributed by atoms with Gasteiger partial charge in [0, 0.05) is 11.9 Å². The summed E-state index contributed by atoms with van der Waals surface area (Å²) in [6.07, 6.45) is 0.864. The van der Waals surface area contributed by atoms with Gasteiger partial charge in [-0.3, -0.25) is 9.59 Å². The van der Waals surface area contributed by atoms with E-state index >= 15 is 0 Å². The van der Waals surface area contributed by atoms with E-state index in [9.17, 15) is 9.59 Å². The van der Waals surface area contributed by atoms with Crippen LogP contribution in [0.25, 0.3) is 9.88 Å². The van der Waals surface area contributed by atoms with Gasteiger partial charge in [-0.15, -0.1) is 22.7 Å². The largest absolute Gasteiger partial charge is 0.354 e. The van der Waals surface area contributed by atoms with Crippen LogP contribution in [0.5, 0.6) is 0 Å². The Labute approximate surface area is 131 Å². The van der Waals surface area contributed by atoms with Crippen molar-refractivity contribution in [3.8, 4) is 9.88 Å². The molecule has 2 aromatic rings. The molecule has 1 atom stereocenters. The van der Waals surface area contributed by atoms with E-state index in [2.05, 4.69) is 15.6 Å². The molecule has 2 amide bonds. The lowest BCUT2D eigenvalue weighted by atomic mass is 10.3. The van der Waals surface area contributed by atoms with Crippen molar-refractivity contribution in [1.82, 2.24) is 15.6 Å². The van der Waals surface area contributed by atoms with Gasteiger partial charge in [-0.1, -0.05) is 13.0 Å². The molecule has 0 aliphatic carbocycles. The van der Waals surface area contributed by atoms with Gasteiger partial charge in [0.1, 0.15) is 16.7 Å². The summed E-state index contributed by atoms with van der Waals surface area (Å²) in [7, 11) is 0. The smallest absolute Gasteiger partial charge is 0.271 e. The Balaban J connectivity index is 1.96. The topological polar surface area (TPSA) is 71.1 Å². The Kier molecular flexibility index (Phi) is 5.46. The molecule has 2 aromatic heterocycles. The fraction of sp³-hybridized carbons (Fsp3) is 0.357. The standard InChI is InChI=1S/C14H17N3O2S2/c1-3-6-15-12(18)9(2)16-13(19)10-8-21-14(17-10)11-5-4-7-20-11/h4-5,7-9H,3,6H2,1-2H3,(H,15,18)(H,16,19)/t9-/m0/s1. The number of hydrogen-bond acceptors (Lipinski definition) is 5. The zero-order valence-electron chi connectivity index (χ0n) is 11.9. The van der Waals surface area contributed by atoms with Gasteiger partial charge in [-0.25, -0.2) is 4.98 Å². The second-order valence-corrected chi connectivity index (χ2v) is 6.31. The summed E-state index contributed by atoms with van der Waals surface area (Å²) in [5.74, 6) is -0.507. The van der Waals surface area contributed by atoms with E-state index in [0.29, 0.717) is 12.2 Å². The fourth-order valence-electron chi connectivity index (χ4n) is 1.63. The average molecular weight is 323 g/mol. The van der Waals surface area contributed by atoms with E-state index in [4.69, 9.17) is 0 Å². The number of hydrogen-bond donors (Lipinski definition) is 2. The number of nitrogens with one attached hydrogen (secondary N) is 2. The molecule has 112 valence electrons. The second-order valence-electron chi connectivity index (χ2n) is 4.50. The molecule has 0 aliphatic heterocycles. The van der Waals surface area contributed by atoms with Crippen LogP contribution >= 0.6 is 22.7 Å². The van der Waals surface area contributed by atoms with Crippen LogP contribution in [0, 0.1) is 0 Å². The first-order chi connectivity index (χ1) is 10.1. The number of carbonyl (C=O) groups is 2. The van der Waals surface area contributed by atoms with E-state index in [-0.39, 0.29) is 11.8 Å². The highest BCUT2D eigenvalue weighted by Crippen LogP contribution is 2.27. The number of carbonyl (C=O) groups excluding carboxylic acids is 2. The Hall–Kier alpha value is -1.73. The van der Waals surface area contributed by atoms with Crippen molar-refractivity contribution < 1.29 is 9.59 Å². The van der Waals surface area contributed by atoms with E-state index in [0.717, 1.165) is 16.3 Å². The van der Waals surface area contributed by atoms with Crippen LogP contribution in [0.1, 0.15) is 30.8 Å². The summed E-state index contributed by atoms with van der Waals surface area (Å²) < 4.78 is 0. The highest BCUT2D eigenvalue weighted by Gasteiger charge is 2.18. The molecule has 0 bridgehead atoms. The molecule has 0 saturated heterocycles. The van der Waals surface area contributed by atoms with Gasteiger partial charge in [-0.05, 0) is 24.8 Å². The number of amides is 2. The summed E-state index contributed by atoms with van der Waals surface area (Å²) in [5, 5.41) is 9.90. The third-order valence-electron chi connectivity index (χ3n) is 2.76. The van der Waals surface area contributed by atoms with Gasteiger partial charge >= 0.3 is 0 Å². The fourth-order valence-corrected chi connectivity index (χ4v) is 3.24. The Morgan fingerprint density at radius 3 is 2.86 bits per heavy atom. The number of thiophene rings is 1. The molecule has 0 aliphatic rings. The van der Waals surface area contributed by atoms with Gasteiger partial charge < -0.3 is 10.6 Å². The third kappa shape index (κ3) is 4.12. The van der Waals surface area contributed by atoms with Crippen LogP contribution in [-0.4, -0.2) is 29.4 Å². The maximum absolute atomic E-state index is 12.1. The van der Waals surface area contributed by atoms with E-state index in [1.807, 2.05) is 24.4 Å². The maximum Gasteiger partial charge on any atom is 0.271 e. The Bertz CT molecular complexity index is 608. The van der Waals surface area contributed by atoms with E-state index in [1.165, 1.54) is 11.3 Å². The molecule has 2 rings (SSSR count). The van der Waals surface area contributed by atoms with Crippen molar-refractivity contribution in [1.29, 1.82) is 0 Å². The molecule has 5 nitrogen and oxygen atoms in total. The highest BCUT2D eigenvalue weighted by molar-refractivity contribution is 7.20. The van der Waals surface area contributed by atoms with Crippen LogP contribution in [0.15, 0.2) is 22.9 Å².